The monoisotopic (exact) mass is 293 g/mol. The molecule has 20 heavy (non-hydrogen) atoms. The Morgan fingerprint density at radius 3 is 2.50 bits per heavy atom. The van der Waals surface area contributed by atoms with Gasteiger partial charge in [-0.15, -0.1) is 0 Å². The molecule has 0 aliphatic carbocycles. The molecule has 0 unspecified atom stereocenters. The van der Waals surface area contributed by atoms with Gasteiger partial charge >= 0.3 is 0 Å². The number of nitrogens with one attached hydrogen (secondary N) is 1. The van der Waals surface area contributed by atoms with E-state index >= 15 is 0 Å². The van der Waals surface area contributed by atoms with Crippen LogP contribution in [0.4, 0.5) is 0 Å². The molecule has 1 aromatic carbocycles. The topological polar surface area (TPSA) is 30.5 Å². The fourth-order valence-corrected chi connectivity index (χ4v) is 4.09. The van der Waals surface area contributed by atoms with Crippen LogP contribution in [0.5, 0.6) is 11.5 Å². The molecule has 4 heteroatoms. The lowest BCUT2D eigenvalue weighted by atomic mass is 9.87. The van der Waals surface area contributed by atoms with E-state index in [1.807, 2.05) is 0 Å². The van der Waals surface area contributed by atoms with E-state index in [0.29, 0.717) is 0 Å². The van der Waals surface area contributed by atoms with Gasteiger partial charge in [-0.3, -0.25) is 0 Å². The maximum atomic E-state index is 6.50. The van der Waals surface area contributed by atoms with E-state index in [-0.39, 0.29) is 0 Å². The summed E-state index contributed by atoms with van der Waals surface area (Å²) in [6.45, 7) is 3.80. The van der Waals surface area contributed by atoms with Gasteiger partial charge in [-0.2, -0.15) is 0 Å². The summed E-state index contributed by atoms with van der Waals surface area (Å²) in [5, 5.41) is 4.24. The Hall–Kier alpha value is -0.930. The highest BCUT2D eigenvalue weighted by molar-refractivity contribution is 6.33. The SMILES string of the molecule is Clc1c2c(c(CC3CCNCC3)c3c1OCC3)OCC2. The molecule has 4 rings (SSSR count). The second-order valence-corrected chi connectivity index (χ2v) is 6.38. The number of fused-ring (bicyclic) bond motifs is 2. The maximum absolute atomic E-state index is 6.50. The Morgan fingerprint density at radius 1 is 1.00 bits per heavy atom. The van der Waals surface area contributed by atoms with Crippen LogP contribution in [0.15, 0.2) is 0 Å². The van der Waals surface area contributed by atoms with Crippen molar-refractivity contribution in [1.82, 2.24) is 5.32 Å². The molecule has 0 saturated carbocycles. The molecule has 0 spiro atoms. The maximum Gasteiger partial charge on any atom is 0.142 e. The summed E-state index contributed by atoms with van der Waals surface area (Å²) < 4.78 is 11.7. The number of rotatable bonds is 2. The van der Waals surface area contributed by atoms with Crippen LogP contribution in [-0.4, -0.2) is 26.3 Å². The third-order valence-electron chi connectivity index (χ3n) is 4.80. The van der Waals surface area contributed by atoms with Gasteiger partial charge in [0.2, 0.25) is 0 Å². The van der Waals surface area contributed by atoms with Gasteiger partial charge in [-0.25, -0.2) is 0 Å². The molecular formula is C16H20ClNO2. The normalized spacial score (nSPS) is 21.2. The van der Waals surface area contributed by atoms with E-state index in [2.05, 4.69) is 5.32 Å². The fraction of sp³-hybridized carbons (Fsp3) is 0.625. The molecule has 1 N–H and O–H groups in total. The first kappa shape index (κ1) is 12.8. The van der Waals surface area contributed by atoms with Crippen molar-refractivity contribution in [2.75, 3.05) is 26.3 Å². The van der Waals surface area contributed by atoms with Crippen LogP contribution >= 0.6 is 11.6 Å². The second kappa shape index (κ2) is 5.12. The van der Waals surface area contributed by atoms with Gasteiger partial charge in [0.05, 0.1) is 18.2 Å². The molecular weight excluding hydrogens is 274 g/mol. The average molecular weight is 294 g/mol. The Balaban J connectivity index is 1.74. The van der Waals surface area contributed by atoms with Gasteiger partial charge in [0.15, 0.2) is 0 Å². The predicted octanol–water partition coefficient (Wildman–Crippen LogP) is 2.75. The third-order valence-corrected chi connectivity index (χ3v) is 5.20. The zero-order chi connectivity index (χ0) is 13.5. The highest BCUT2D eigenvalue weighted by Gasteiger charge is 2.31. The van der Waals surface area contributed by atoms with Crippen molar-refractivity contribution in [3.05, 3.63) is 21.7 Å². The molecule has 0 atom stereocenters. The first-order valence-corrected chi connectivity index (χ1v) is 8.05. The molecule has 3 aliphatic heterocycles. The number of halogens is 1. The second-order valence-electron chi connectivity index (χ2n) is 6.00. The lowest BCUT2D eigenvalue weighted by Gasteiger charge is -2.24. The molecule has 3 heterocycles. The summed E-state index contributed by atoms with van der Waals surface area (Å²) in [7, 11) is 0. The standard InChI is InChI=1S/C16H20ClNO2/c17-14-12-4-8-19-15(12)13(11-3-7-20-16(11)14)9-10-1-5-18-6-2-10/h10,18H,1-9H2. The highest BCUT2D eigenvalue weighted by atomic mass is 35.5. The number of piperidine rings is 1. The van der Waals surface area contributed by atoms with Crippen molar-refractivity contribution in [3.63, 3.8) is 0 Å². The summed E-state index contributed by atoms with van der Waals surface area (Å²) in [4.78, 5) is 0. The predicted molar refractivity (Wildman–Crippen MR) is 79.1 cm³/mol. The zero-order valence-corrected chi connectivity index (χ0v) is 12.4. The summed E-state index contributed by atoms with van der Waals surface area (Å²) in [6.07, 6.45) is 5.53. The Kier molecular flexibility index (Phi) is 3.27. The highest BCUT2D eigenvalue weighted by Crippen LogP contribution is 2.48. The van der Waals surface area contributed by atoms with Crippen LogP contribution in [0.2, 0.25) is 5.02 Å². The van der Waals surface area contributed by atoms with Crippen molar-refractivity contribution in [3.8, 4) is 11.5 Å². The van der Waals surface area contributed by atoms with E-state index < -0.39 is 0 Å². The summed E-state index contributed by atoms with van der Waals surface area (Å²) in [6, 6.07) is 0. The minimum absolute atomic E-state index is 0.760. The lowest BCUT2D eigenvalue weighted by molar-refractivity contribution is 0.339. The van der Waals surface area contributed by atoms with Crippen molar-refractivity contribution >= 4 is 11.6 Å². The number of hydrogen-bond donors (Lipinski definition) is 1. The minimum Gasteiger partial charge on any atom is -0.493 e. The molecule has 108 valence electrons. The van der Waals surface area contributed by atoms with Crippen LogP contribution in [0.3, 0.4) is 0 Å². The van der Waals surface area contributed by atoms with Gasteiger partial charge in [0.25, 0.3) is 0 Å². The first-order chi connectivity index (χ1) is 9.84. The summed E-state index contributed by atoms with van der Waals surface area (Å²) in [5.74, 6) is 2.79. The summed E-state index contributed by atoms with van der Waals surface area (Å²) in [5.41, 5.74) is 3.88. The Morgan fingerprint density at radius 2 is 1.70 bits per heavy atom. The van der Waals surface area contributed by atoms with Crippen molar-refractivity contribution in [1.29, 1.82) is 0 Å². The van der Waals surface area contributed by atoms with Crippen LogP contribution < -0.4 is 14.8 Å². The van der Waals surface area contributed by atoms with Crippen molar-refractivity contribution < 1.29 is 9.47 Å². The van der Waals surface area contributed by atoms with E-state index in [1.165, 1.54) is 29.5 Å². The van der Waals surface area contributed by atoms with Crippen molar-refractivity contribution in [2.45, 2.75) is 32.1 Å². The van der Waals surface area contributed by atoms with Crippen LogP contribution in [-0.2, 0) is 19.3 Å². The number of ether oxygens (including phenoxy) is 2. The number of hydrogen-bond acceptors (Lipinski definition) is 3. The largest absolute Gasteiger partial charge is 0.493 e. The average Bonchev–Trinajstić information content (AvgIpc) is 3.14. The van der Waals surface area contributed by atoms with Crippen LogP contribution in [0.25, 0.3) is 0 Å². The molecule has 0 bridgehead atoms. The van der Waals surface area contributed by atoms with Crippen LogP contribution in [0.1, 0.15) is 29.5 Å². The molecule has 1 saturated heterocycles. The fourth-order valence-electron chi connectivity index (χ4n) is 3.74. The van der Waals surface area contributed by atoms with Gasteiger partial charge in [0, 0.05) is 29.5 Å². The number of benzene rings is 1. The summed E-state index contributed by atoms with van der Waals surface area (Å²) >= 11 is 6.50. The van der Waals surface area contributed by atoms with Gasteiger partial charge in [-0.1, -0.05) is 11.6 Å². The lowest BCUT2D eigenvalue weighted by Crippen LogP contribution is -2.28. The molecule has 3 aliphatic rings. The van der Waals surface area contributed by atoms with E-state index in [1.54, 1.807) is 0 Å². The molecule has 0 aromatic heterocycles. The Bertz CT molecular complexity index is 503. The van der Waals surface area contributed by atoms with Gasteiger partial charge in [-0.05, 0) is 38.3 Å². The van der Waals surface area contributed by atoms with E-state index in [4.69, 9.17) is 21.1 Å². The molecule has 0 amide bonds. The third kappa shape index (κ3) is 1.99. The van der Waals surface area contributed by atoms with E-state index in [0.717, 1.165) is 68.0 Å². The van der Waals surface area contributed by atoms with Gasteiger partial charge < -0.3 is 14.8 Å². The smallest absolute Gasteiger partial charge is 0.142 e. The minimum atomic E-state index is 0.760. The first-order valence-electron chi connectivity index (χ1n) is 7.67. The zero-order valence-electron chi connectivity index (χ0n) is 11.6. The van der Waals surface area contributed by atoms with Gasteiger partial charge in [0.1, 0.15) is 11.5 Å². The van der Waals surface area contributed by atoms with Crippen LogP contribution in [0, 0.1) is 5.92 Å². The Labute approximate surface area is 124 Å². The molecule has 1 fully saturated rings. The quantitative estimate of drug-likeness (QED) is 0.909. The molecule has 0 radical (unpaired) electrons. The van der Waals surface area contributed by atoms with Crippen molar-refractivity contribution in [2.24, 2.45) is 5.92 Å². The molecule has 1 aromatic rings. The van der Waals surface area contributed by atoms with E-state index in [9.17, 15) is 0 Å². The molecule has 3 nitrogen and oxygen atoms in total.